The SMILES string of the molecule is Cc1c(C(=O)N2CC(O)C(O)C2)cnn1CCCN. The third-order valence-electron chi connectivity index (χ3n) is 3.45. The van der Waals surface area contributed by atoms with Gasteiger partial charge in [-0.15, -0.1) is 0 Å². The van der Waals surface area contributed by atoms with E-state index in [1.807, 2.05) is 6.92 Å². The Morgan fingerprint density at radius 1 is 1.47 bits per heavy atom. The Morgan fingerprint density at radius 3 is 2.68 bits per heavy atom. The fourth-order valence-corrected chi connectivity index (χ4v) is 2.23. The van der Waals surface area contributed by atoms with Crippen molar-refractivity contribution < 1.29 is 15.0 Å². The first-order valence-electron chi connectivity index (χ1n) is 6.42. The van der Waals surface area contributed by atoms with E-state index in [0.29, 0.717) is 18.7 Å². The summed E-state index contributed by atoms with van der Waals surface area (Å²) in [7, 11) is 0. The van der Waals surface area contributed by atoms with Crippen molar-refractivity contribution >= 4 is 5.91 Å². The summed E-state index contributed by atoms with van der Waals surface area (Å²) in [5, 5.41) is 23.1. The van der Waals surface area contributed by atoms with Crippen LogP contribution in [0.5, 0.6) is 0 Å². The van der Waals surface area contributed by atoms with Crippen LogP contribution in [0, 0.1) is 6.92 Å². The summed E-state index contributed by atoms with van der Waals surface area (Å²) < 4.78 is 1.75. The Morgan fingerprint density at radius 2 is 2.11 bits per heavy atom. The largest absolute Gasteiger partial charge is 0.388 e. The van der Waals surface area contributed by atoms with E-state index in [1.165, 1.54) is 11.1 Å². The lowest BCUT2D eigenvalue weighted by Gasteiger charge is -2.15. The van der Waals surface area contributed by atoms with Crippen molar-refractivity contribution in [1.82, 2.24) is 14.7 Å². The second kappa shape index (κ2) is 5.68. The number of rotatable bonds is 4. The van der Waals surface area contributed by atoms with E-state index in [-0.39, 0.29) is 19.0 Å². The molecule has 7 heteroatoms. The topological polar surface area (TPSA) is 105 Å². The van der Waals surface area contributed by atoms with Crippen LogP contribution in [0.2, 0.25) is 0 Å². The molecular formula is C12H20N4O3. The van der Waals surface area contributed by atoms with E-state index in [9.17, 15) is 15.0 Å². The molecule has 0 saturated carbocycles. The number of hydrogen-bond donors (Lipinski definition) is 3. The van der Waals surface area contributed by atoms with Crippen molar-refractivity contribution in [1.29, 1.82) is 0 Å². The monoisotopic (exact) mass is 268 g/mol. The molecule has 2 atom stereocenters. The number of hydrogen-bond acceptors (Lipinski definition) is 5. The fourth-order valence-electron chi connectivity index (χ4n) is 2.23. The molecule has 1 aliphatic rings. The van der Waals surface area contributed by atoms with E-state index in [1.54, 1.807) is 4.68 Å². The zero-order chi connectivity index (χ0) is 14.0. The average Bonchev–Trinajstić information content (AvgIpc) is 2.91. The number of aliphatic hydroxyl groups excluding tert-OH is 2. The molecule has 1 aromatic heterocycles. The molecule has 1 amide bonds. The number of nitrogens with two attached hydrogens (primary N) is 1. The quantitative estimate of drug-likeness (QED) is 0.631. The maximum Gasteiger partial charge on any atom is 0.257 e. The molecule has 0 bridgehead atoms. The van der Waals surface area contributed by atoms with Gasteiger partial charge < -0.3 is 20.8 Å². The number of β-amino-alcohol motifs (C(OH)–C–C–N with tert-alkyl or cyclic N) is 2. The first kappa shape index (κ1) is 14.0. The molecule has 0 aromatic carbocycles. The van der Waals surface area contributed by atoms with Gasteiger partial charge in [-0.25, -0.2) is 0 Å². The van der Waals surface area contributed by atoms with E-state index >= 15 is 0 Å². The van der Waals surface area contributed by atoms with Crippen LogP contribution >= 0.6 is 0 Å². The third-order valence-corrected chi connectivity index (χ3v) is 3.45. The van der Waals surface area contributed by atoms with Crippen molar-refractivity contribution in [3.05, 3.63) is 17.5 Å². The highest BCUT2D eigenvalue weighted by Crippen LogP contribution is 2.16. The zero-order valence-electron chi connectivity index (χ0n) is 11.0. The van der Waals surface area contributed by atoms with E-state index in [0.717, 1.165) is 12.1 Å². The van der Waals surface area contributed by atoms with Crippen LogP contribution in [0.1, 0.15) is 22.5 Å². The van der Waals surface area contributed by atoms with Gasteiger partial charge >= 0.3 is 0 Å². The van der Waals surface area contributed by atoms with Gasteiger partial charge in [-0.3, -0.25) is 9.48 Å². The van der Waals surface area contributed by atoms with Gasteiger partial charge in [-0.2, -0.15) is 5.10 Å². The molecule has 4 N–H and O–H groups in total. The van der Waals surface area contributed by atoms with Crippen molar-refractivity contribution in [2.45, 2.75) is 32.1 Å². The Labute approximate surface area is 111 Å². The molecule has 7 nitrogen and oxygen atoms in total. The van der Waals surface area contributed by atoms with Gasteiger partial charge in [0.1, 0.15) is 0 Å². The molecule has 1 fully saturated rings. The number of carbonyl (C=O) groups is 1. The van der Waals surface area contributed by atoms with Crippen molar-refractivity contribution in [3.63, 3.8) is 0 Å². The number of carbonyl (C=O) groups excluding carboxylic acids is 1. The van der Waals surface area contributed by atoms with Crippen LogP contribution in [0.25, 0.3) is 0 Å². The van der Waals surface area contributed by atoms with Crippen LogP contribution in [0.4, 0.5) is 0 Å². The Bertz CT molecular complexity index is 450. The second-order valence-corrected chi connectivity index (χ2v) is 4.85. The predicted molar refractivity (Wildman–Crippen MR) is 68.6 cm³/mol. The average molecular weight is 268 g/mol. The van der Waals surface area contributed by atoms with Gasteiger partial charge in [0.25, 0.3) is 5.91 Å². The second-order valence-electron chi connectivity index (χ2n) is 4.85. The normalized spacial score (nSPS) is 23.1. The molecule has 19 heavy (non-hydrogen) atoms. The van der Waals surface area contributed by atoms with Gasteiger partial charge in [0.2, 0.25) is 0 Å². The summed E-state index contributed by atoms with van der Waals surface area (Å²) in [5.74, 6) is -0.202. The van der Waals surface area contributed by atoms with Gasteiger partial charge in [0.05, 0.1) is 24.0 Å². The highest BCUT2D eigenvalue weighted by molar-refractivity contribution is 5.95. The standard InChI is InChI=1S/C12H20N4O3/c1-8-9(5-14-16(8)4-2-3-13)12(19)15-6-10(17)11(18)7-15/h5,10-11,17-18H,2-4,6-7,13H2,1H3. The summed E-state index contributed by atoms with van der Waals surface area (Å²) in [4.78, 5) is 13.7. The number of aryl methyl sites for hydroxylation is 1. The molecule has 0 aliphatic carbocycles. The molecule has 0 spiro atoms. The van der Waals surface area contributed by atoms with Gasteiger partial charge in [0.15, 0.2) is 0 Å². The maximum absolute atomic E-state index is 12.3. The molecule has 1 saturated heterocycles. The third kappa shape index (κ3) is 2.78. The number of aromatic nitrogens is 2. The highest BCUT2D eigenvalue weighted by atomic mass is 16.3. The number of amides is 1. The molecule has 2 heterocycles. The van der Waals surface area contributed by atoms with Crippen molar-refractivity contribution in [2.24, 2.45) is 5.73 Å². The Kier molecular flexibility index (Phi) is 4.18. The predicted octanol–water partition coefficient (Wildman–Crippen LogP) is -1.28. The smallest absolute Gasteiger partial charge is 0.257 e. The minimum Gasteiger partial charge on any atom is -0.388 e. The molecule has 106 valence electrons. The van der Waals surface area contributed by atoms with E-state index in [2.05, 4.69) is 5.10 Å². The van der Waals surface area contributed by atoms with Gasteiger partial charge in [-0.05, 0) is 19.9 Å². The highest BCUT2D eigenvalue weighted by Gasteiger charge is 2.34. The van der Waals surface area contributed by atoms with E-state index < -0.39 is 12.2 Å². The lowest BCUT2D eigenvalue weighted by molar-refractivity contribution is 0.0572. The summed E-state index contributed by atoms with van der Waals surface area (Å²) in [6.07, 6.45) is 0.607. The molecule has 1 aliphatic heterocycles. The minimum atomic E-state index is -0.864. The summed E-state index contributed by atoms with van der Waals surface area (Å²) >= 11 is 0. The molecule has 1 aromatic rings. The first-order chi connectivity index (χ1) is 9.04. The lowest BCUT2D eigenvalue weighted by atomic mass is 10.2. The van der Waals surface area contributed by atoms with Crippen LogP contribution in [0.15, 0.2) is 6.20 Å². The Hall–Kier alpha value is -1.44. The molecule has 2 unspecified atom stereocenters. The van der Waals surface area contributed by atoms with Crippen LogP contribution < -0.4 is 5.73 Å². The number of likely N-dealkylation sites (tertiary alicyclic amines) is 1. The summed E-state index contributed by atoms with van der Waals surface area (Å²) in [6, 6.07) is 0. The van der Waals surface area contributed by atoms with Gasteiger partial charge in [-0.1, -0.05) is 0 Å². The fraction of sp³-hybridized carbons (Fsp3) is 0.667. The van der Waals surface area contributed by atoms with Crippen molar-refractivity contribution in [2.75, 3.05) is 19.6 Å². The lowest BCUT2D eigenvalue weighted by Crippen LogP contribution is -2.30. The number of nitrogens with zero attached hydrogens (tertiary/aromatic N) is 3. The minimum absolute atomic E-state index is 0.160. The van der Waals surface area contributed by atoms with Gasteiger partial charge in [0, 0.05) is 25.3 Å². The van der Waals surface area contributed by atoms with Crippen LogP contribution in [-0.2, 0) is 6.54 Å². The van der Waals surface area contributed by atoms with Crippen LogP contribution in [-0.4, -0.2) is 62.6 Å². The van der Waals surface area contributed by atoms with Crippen LogP contribution in [0.3, 0.4) is 0 Å². The van der Waals surface area contributed by atoms with Crippen molar-refractivity contribution in [3.8, 4) is 0 Å². The van der Waals surface area contributed by atoms with E-state index in [4.69, 9.17) is 5.73 Å². The number of aliphatic hydroxyl groups is 2. The maximum atomic E-state index is 12.3. The molecule has 0 radical (unpaired) electrons. The first-order valence-corrected chi connectivity index (χ1v) is 6.42. The molecule has 2 rings (SSSR count). The summed E-state index contributed by atoms with van der Waals surface area (Å²) in [5.41, 5.74) is 6.75. The summed E-state index contributed by atoms with van der Waals surface area (Å²) in [6.45, 7) is 3.41. The zero-order valence-corrected chi connectivity index (χ0v) is 11.0. The molecular weight excluding hydrogens is 248 g/mol. The Balaban J connectivity index is 2.10.